The quantitative estimate of drug-likeness (QED) is 0.478. The van der Waals surface area contributed by atoms with Gasteiger partial charge >= 0.3 is 0 Å². The predicted octanol–water partition coefficient (Wildman–Crippen LogP) is -1.05. The van der Waals surface area contributed by atoms with E-state index in [9.17, 15) is 4.79 Å². The van der Waals surface area contributed by atoms with Crippen molar-refractivity contribution in [1.82, 2.24) is 10.5 Å². The van der Waals surface area contributed by atoms with Crippen molar-refractivity contribution >= 4 is 29.5 Å². The van der Waals surface area contributed by atoms with Crippen molar-refractivity contribution < 1.29 is 4.79 Å². The largest absolute Gasteiger partial charge is 0.375 e. The van der Waals surface area contributed by atoms with Crippen LogP contribution in [0.1, 0.15) is 6.42 Å². The first-order valence-electron chi connectivity index (χ1n) is 2.61. The minimum atomic E-state index is -0.159. The molecule has 0 radical (unpaired) electrons. The Morgan fingerprint density at radius 2 is 2.70 bits per heavy atom. The molecule has 10 heavy (non-hydrogen) atoms. The van der Waals surface area contributed by atoms with Crippen molar-refractivity contribution in [1.29, 1.82) is 0 Å². The van der Waals surface area contributed by atoms with Gasteiger partial charge in [0.05, 0.1) is 6.42 Å². The number of amides is 1. The zero-order valence-corrected chi connectivity index (χ0v) is 5.89. The second-order valence-electron chi connectivity index (χ2n) is 1.68. The number of hydrazine groups is 1. The van der Waals surface area contributed by atoms with E-state index in [-0.39, 0.29) is 11.0 Å². The van der Waals surface area contributed by atoms with Gasteiger partial charge in [-0.3, -0.25) is 10.2 Å². The third-order valence-electron chi connectivity index (χ3n) is 0.915. The summed E-state index contributed by atoms with van der Waals surface area (Å²) in [5, 5.41) is 4.69. The van der Waals surface area contributed by atoms with Crippen LogP contribution in [0.25, 0.3) is 0 Å². The maximum absolute atomic E-state index is 10.7. The minimum absolute atomic E-state index is 0.0346. The number of carbonyl (C=O) groups excluding carboxylic acids is 1. The molecule has 1 aliphatic heterocycles. The molecule has 0 unspecified atom stereocenters. The molecular formula is C4H6N4OS. The maximum atomic E-state index is 10.7. The number of carbonyl (C=O) groups is 1. The number of hydrogen-bond acceptors (Lipinski definition) is 3. The van der Waals surface area contributed by atoms with Crippen LogP contribution >= 0.6 is 12.2 Å². The Bertz CT molecular complexity index is 201. The standard InChI is InChI=1S/C4H6N4OS/c5-4(10)7-8-3(9)1-2-6-8/h2H,1H2,(H3,5,7,10). The van der Waals surface area contributed by atoms with Gasteiger partial charge in [-0.15, -0.1) is 5.12 Å². The summed E-state index contributed by atoms with van der Waals surface area (Å²) in [4.78, 5) is 10.7. The van der Waals surface area contributed by atoms with E-state index in [1.165, 1.54) is 6.21 Å². The number of nitrogens with zero attached hydrogens (tertiary/aromatic N) is 2. The molecule has 0 aliphatic carbocycles. The van der Waals surface area contributed by atoms with Crippen LogP contribution in [0.3, 0.4) is 0 Å². The summed E-state index contributed by atoms with van der Waals surface area (Å²) in [6, 6.07) is 0. The number of rotatable bonds is 1. The van der Waals surface area contributed by atoms with Gasteiger partial charge < -0.3 is 5.73 Å². The average Bonchev–Trinajstić information content (AvgIpc) is 2.15. The molecule has 6 heteroatoms. The Kier molecular flexibility index (Phi) is 1.81. The molecule has 1 aliphatic rings. The molecule has 0 bridgehead atoms. The van der Waals surface area contributed by atoms with Crippen LogP contribution in [0.15, 0.2) is 5.10 Å². The Hall–Kier alpha value is -1.17. The minimum Gasteiger partial charge on any atom is -0.375 e. The summed E-state index contributed by atoms with van der Waals surface area (Å²) < 4.78 is 0. The highest BCUT2D eigenvalue weighted by Crippen LogP contribution is 1.96. The lowest BCUT2D eigenvalue weighted by molar-refractivity contribution is -0.130. The molecule has 0 aromatic carbocycles. The predicted molar refractivity (Wildman–Crippen MR) is 39.9 cm³/mol. The second kappa shape index (κ2) is 2.61. The van der Waals surface area contributed by atoms with E-state index in [0.717, 1.165) is 5.12 Å². The molecule has 1 rings (SSSR count). The molecule has 3 N–H and O–H groups in total. The van der Waals surface area contributed by atoms with Gasteiger partial charge in [0.2, 0.25) is 0 Å². The van der Waals surface area contributed by atoms with E-state index in [0.29, 0.717) is 6.42 Å². The molecule has 1 heterocycles. The summed E-state index contributed by atoms with van der Waals surface area (Å²) in [5.74, 6) is -0.159. The topological polar surface area (TPSA) is 70.7 Å². The molecule has 0 fully saturated rings. The van der Waals surface area contributed by atoms with Gasteiger partial charge in [-0.25, -0.2) is 0 Å². The molecule has 0 aromatic rings. The van der Waals surface area contributed by atoms with Gasteiger partial charge in [0, 0.05) is 6.21 Å². The van der Waals surface area contributed by atoms with Crippen molar-refractivity contribution in [2.75, 3.05) is 0 Å². The number of hydrazone groups is 1. The van der Waals surface area contributed by atoms with Gasteiger partial charge in [0.15, 0.2) is 5.11 Å². The van der Waals surface area contributed by atoms with Gasteiger partial charge in [0.25, 0.3) is 5.91 Å². The first-order chi connectivity index (χ1) is 4.70. The first-order valence-corrected chi connectivity index (χ1v) is 3.02. The Balaban J connectivity index is 2.48. The number of hydrogen-bond donors (Lipinski definition) is 2. The van der Waals surface area contributed by atoms with Crippen LogP contribution in [-0.4, -0.2) is 22.4 Å². The smallest absolute Gasteiger partial charge is 0.267 e. The van der Waals surface area contributed by atoms with Gasteiger partial charge in [-0.2, -0.15) is 5.10 Å². The molecule has 0 saturated carbocycles. The Labute approximate surface area is 62.8 Å². The van der Waals surface area contributed by atoms with Crippen molar-refractivity contribution in [3.05, 3.63) is 0 Å². The van der Waals surface area contributed by atoms with E-state index in [2.05, 4.69) is 22.7 Å². The van der Waals surface area contributed by atoms with E-state index in [1.807, 2.05) is 0 Å². The second-order valence-corrected chi connectivity index (χ2v) is 2.12. The fourth-order valence-corrected chi connectivity index (χ4v) is 0.633. The first kappa shape index (κ1) is 6.94. The highest BCUT2D eigenvalue weighted by molar-refractivity contribution is 7.80. The molecule has 54 valence electrons. The van der Waals surface area contributed by atoms with Crippen LogP contribution in [0.4, 0.5) is 0 Å². The van der Waals surface area contributed by atoms with E-state index < -0.39 is 0 Å². The highest BCUT2D eigenvalue weighted by atomic mass is 32.1. The summed E-state index contributed by atoms with van der Waals surface area (Å²) in [6.45, 7) is 0. The lowest BCUT2D eigenvalue weighted by Gasteiger charge is -2.11. The van der Waals surface area contributed by atoms with E-state index in [1.54, 1.807) is 0 Å². The SMILES string of the molecule is NC(=S)NN1N=CCC1=O. The monoisotopic (exact) mass is 158 g/mol. The molecule has 0 aromatic heterocycles. The summed E-state index contributed by atoms with van der Waals surface area (Å²) >= 11 is 4.48. The van der Waals surface area contributed by atoms with Crippen LogP contribution in [-0.2, 0) is 4.79 Å². The van der Waals surface area contributed by atoms with Crippen LogP contribution in [0.2, 0.25) is 0 Å². The lowest BCUT2D eigenvalue weighted by Crippen LogP contribution is -2.42. The van der Waals surface area contributed by atoms with Gasteiger partial charge in [-0.05, 0) is 12.2 Å². The molecule has 0 saturated heterocycles. The summed E-state index contributed by atoms with van der Waals surface area (Å²) in [5.41, 5.74) is 7.47. The third kappa shape index (κ3) is 1.41. The fourth-order valence-electron chi connectivity index (χ4n) is 0.547. The molecule has 1 amide bonds. The summed E-state index contributed by atoms with van der Waals surface area (Å²) in [7, 11) is 0. The van der Waals surface area contributed by atoms with E-state index in [4.69, 9.17) is 5.73 Å². The van der Waals surface area contributed by atoms with Crippen molar-refractivity contribution in [2.45, 2.75) is 6.42 Å². The normalized spacial score (nSPS) is 16.0. The van der Waals surface area contributed by atoms with Crippen molar-refractivity contribution in [3.63, 3.8) is 0 Å². The molecule has 0 spiro atoms. The van der Waals surface area contributed by atoms with Crippen molar-refractivity contribution in [3.8, 4) is 0 Å². The molecule has 5 nitrogen and oxygen atoms in total. The zero-order chi connectivity index (χ0) is 7.56. The van der Waals surface area contributed by atoms with Crippen molar-refractivity contribution in [2.24, 2.45) is 10.8 Å². The van der Waals surface area contributed by atoms with Crippen LogP contribution < -0.4 is 11.2 Å². The number of thiocarbonyl (C=S) groups is 1. The van der Waals surface area contributed by atoms with Gasteiger partial charge in [-0.1, -0.05) is 0 Å². The Morgan fingerprint density at radius 3 is 3.10 bits per heavy atom. The van der Waals surface area contributed by atoms with Crippen LogP contribution in [0.5, 0.6) is 0 Å². The fraction of sp³-hybridized carbons (Fsp3) is 0.250. The molecular weight excluding hydrogens is 152 g/mol. The third-order valence-corrected chi connectivity index (χ3v) is 1.01. The highest BCUT2D eigenvalue weighted by Gasteiger charge is 2.15. The molecule has 0 atom stereocenters. The van der Waals surface area contributed by atoms with Crippen LogP contribution in [0, 0.1) is 0 Å². The average molecular weight is 158 g/mol. The zero-order valence-electron chi connectivity index (χ0n) is 5.07. The maximum Gasteiger partial charge on any atom is 0.267 e. The lowest BCUT2D eigenvalue weighted by atomic mass is 10.5. The summed E-state index contributed by atoms with van der Waals surface area (Å²) in [6.07, 6.45) is 1.78. The Morgan fingerprint density at radius 1 is 2.00 bits per heavy atom. The number of nitrogens with two attached hydrogens (primary N) is 1. The number of nitrogens with one attached hydrogen (secondary N) is 1. The van der Waals surface area contributed by atoms with Gasteiger partial charge in [0.1, 0.15) is 0 Å². The van der Waals surface area contributed by atoms with E-state index >= 15 is 0 Å².